The molecule has 5 heteroatoms. The van der Waals surface area contributed by atoms with E-state index in [9.17, 15) is 4.79 Å². The standard InChI is InChI=1S/C14H20N4O/c19-14(18-8-4-5-9-18)12-10-16-13(11-15-12)17-6-2-1-3-7-17/h10-11H,1-9H2. The van der Waals surface area contributed by atoms with E-state index in [1.165, 1.54) is 19.3 Å². The van der Waals surface area contributed by atoms with Gasteiger partial charge in [0.2, 0.25) is 0 Å². The summed E-state index contributed by atoms with van der Waals surface area (Å²) in [7, 11) is 0. The number of likely N-dealkylation sites (tertiary alicyclic amines) is 1. The average molecular weight is 260 g/mol. The van der Waals surface area contributed by atoms with Crippen molar-refractivity contribution in [3.05, 3.63) is 18.1 Å². The van der Waals surface area contributed by atoms with Crippen LogP contribution >= 0.6 is 0 Å². The zero-order chi connectivity index (χ0) is 13.1. The minimum atomic E-state index is 0.0233. The van der Waals surface area contributed by atoms with Gasteiger partial charge >= 0.3 is 0 Å². The van der Waals surface area contributed by atoms with Gasteiger partial charge in [0.05, 0.1) is 12.4 Å². The molecule has 1 aromatic heterocycles. The molecule has 2 aliphatic heterocycles. The molecule has 0 N–H and O–H groups in total. The number of anilines is 1. The van der Waals surface area contributed by atoms with Gasteiger partial charge in [-0.25, -0.2) is 9.97 Å². The number of hydrogen-bond donors (Lipinski definition) is 0. The lowest BCUT2D eigenvalue weighted by Crippen LogP contribution is -2.31. The number of piperidine rings is 1. The summed E-state index contributed by atoms with van der Waals surface area (Å²) in [6.45, 7) is 3.81. The van der Waals surface area contributed by atoms with Crippen LogP contribution in [-0.4, -0.2) is 47.0 Å². The summed E-state index contributed by atoms with van der Waals surface area (Å²) in [5.41, 5.74) is 0.475. The quantitative estimate of drug-likeness (QED) is 0.812. The normalized spacial score (nSPS) is 19.8. The van der Waals surface area contributed by atoms with Crippen molar-refractivity contribution in [2.45, 2.75) is 32.1 Å². The summed E-state index contributed by atoms with van der Waals surface area (Å²) in [6, 6.07) is 0. The molecule has 2 fully saturated rings. The van der Waals surface area contributed by atoms with Crippen LogP contribution in [0, 0.1) is 0 Å². The van der Waals surface area contributed by atoms with Gasteiger partial charge in [-0.2, -0.15) is 0 Å². The molecule has 0 atom stereocenters. The lowest BCUT2D eigenvalue weighted by Gasteiger charge is -2.27. The first-order valence-electron chi connectivity index (χ1n) is 7.21. The van der Waals surface area contributed by atoms with Gasteiger partial charge in [-0.3, -0.25) is 4.79 Å². The Kier molecular flexibility index (Phi) is 3.62. The number of hydrogen-bond acceptors (Lipinski definition) is 4. The predicted molar refractivity (Wildman–Crippen MR) is 73.2 cm³/mol. The molecular formula is C14H20N4O. The lowest BCUT2D eigenvalue weighted by molar-refractivity contribution is 0.0786. The molecule has 0 aromatic carbocycles. The molecule has 3 rings (SSSR count). The van der Waals surface area contributed by atoms with Crippen LogP contribution in [0.25, 0.3) is 0 Å². The van der Waals surface area contributed by atoms with Crippen LogP contribution in [0.1, 0.15) is 42.6 Å². The summed E-state index contributed by atoms with van der Waals surface area (Å²) >= 11 is 0. The van der Waals surface area contributed by atoms with E-state index < -0.39 is 0 Å². The third kappa shape index (κ3) is 2.69. The maximum Gasteiger partial charge on any atom is 0.274 e. The molecule has 1 amide bonds. The van der Waals surface area contributed by atoms with Crippen LogP contribution in [0.5, 0.6) is 0 Å². The Labute approximate surface area is 113 Å². The first-order chi connectivity index (χ1) is 9.34. The number of carbonyl (C=O) groups excluding carboxylic acids is 1. The Morgan fingerprint density at radius 3 is 2.21 bits per heavy atom. The summed E-state index contributed by atoms with van der Waals surface area (Å²) in [6.07, 6.45) is 9.32. The highest BCUT2D eigenvalue weighted by Gasteiger charge is 2.21. The number of amides is 1. The topological polar surface area (TPSA) is 49.3 Å². The third-order valence-corrected chi connectivity index (χ3v) is 3.93. The SMILES string of the molecule is O=C(c1cnc(N2CCCCC2)cn1)N1CCCC1. The highest BCUT2D eigenvalue weighted by Crippen LogP contribution is 2.17. The fraction of sp³-hybridized carbons (Fsp3) is 0.643. The molecule has 19 heavy (non-hydrogen) atoms. The van der Waals surface area contributed by atoms with E-state index >= 15 is 0 Å². The van der Waals surface area contributed by atoms with Crippen LogP contribution in [-0.2, 0) is 0 Å². The number of nitrogens with zero attached hydrogens (tertiary/aromatic N) is 4. The Morgan fingerprint density at radius 1 is 0.895 bits per heavy atom. The Morgan fingerprint density at radius 2 is 1.58 bits per heavy atom. The Bertz CT molecular complexity index is 433. The molecule has 0 spiro atoms. The molecule has 5 nitrogen and oxygen atoms in total. The predicted octanol–water partition coefficient (Wildman–Crippen LogP) is 1.70. The summed E-state index contributed by atoms with van der Waals surface area (Å²) in [5, 5.41) is 0. The minimum Gasteiger partial charge on any atom is -0.355 e. The zero-order valence-corrected chi connectivity index (χ0v) is 11.2. The van der Waals surface area contributed by atoms with Crippen molar-refractivity contribution in [1.82, 2.24) is 14.9 Å². The van der Waals surface area contributed by atoms with Crippen molar-refractivity contribution in [1.29, 1.82) is 0 Å². The first-order valence-corrected chi connectivity index (χ1v) is 7.21. The maximum absolute atomic E-state index is 12.1. The van der Waals surface area contributed by atoms with Crippen molar-refractivity contribution < 1.29 is 4.79 Å². The highest BCUT2D eigenvalue weighted by atomic mass is 16.2. The van der Waals surface area contributed by atoms with Crippen molar-refractivity contribution in [2.24, 2.45) is 0 Å². The monoisotopic (exact) mass is 260 g/mol. The van der Waals surface area contributed by atoms with Crippen LogP contribution < -0.4 is 4.90 Å². The molecule has 0 radical (unpaired) electrons. The fourth-order valence-electron chi connectivity index (χ4n) is 2.80. The second kappa shape index (κ2) is 5.55. The number of rotatable bonds is 2. The molecule has 0 aliphatic carbocycles. The van der Waals surface area contributed by atoms with Gasteiger partial charge in [-0.05, 0) is 32.1 Å². The van der Waals surface area contributed by atoms with Crippen molar-refractivity contribution >= 4 is 11.7 Å². The molecule has 0 bridgehead atoms. The lowest BCUT2D eigenvalue weighted by atomic mass is 10.1. The second-order valence-electron chi connectivity index (χ2n) is 5.31. The van der Waals surface area contributed by atoms with E-state index in [1.54, 1.807) is 12.4 Å². The van der Waals surface area contributed by atoms with Crippen LogP contribution in [0.3, 0.4) is 0 Å². The van der Waals surface area contributed by atoms with Crippen LogP contribution in [0.4, 0.5) is 5.82 Å². The first kappa shape index (κ1) is 12.4. The van der Waals surface area contributed by atoms with Crippen molar-refractivity contribution in [3.8, 4) is 0 Å². The molecule has 2 saturated heterocycles. The third-order valence-electron chi connectivity index (χ3n) is 3.93. The Balaban J connectivity index is 1.69. The van der Waals surface area contributed by atoms with Crippen LogP contribution in [0.2, 0.25) is 0 Å². The van der Waals surface area contributed by atoms with Crippen LogP contribution in [0.15, 0.2) is 12.4 Å². The second-order valence-corrected chi connectivity index (χ2v) is 5.31. The summed E-state index contributed by atoms with van der Waals surface area (Å²) in [5.74, 6) is 0.924. The van der Waals surface area contributed by atoms with Gasteiger partial charge < -0.3 is 9.80 Å². The molecule has 0 unspecified atom stereocenters. The number of carbonyl (C=O) groups is 1. The van der Waals surface area contributed by atoms with E-state index in [4.69, 9.17) is 0 Å². The van der Waals surface area contributed by atoms with Gasteiger partial charge in [0.1, 0.15) is 11.5 Å². The van der Waals surface area contributed by atoms with E-state index in [0.717, 1.165) is 44.8 Å². The van der Waals surface area contributed by atoms with Gasteiger partial charge in [-0.1, -0.05) is 0 Å². The fourth-order valence-corrected chi connectivity index (χ4v) is 2.80. The smallest absolute Gasteiger partial charge is 0.274 e. The molecule has 2 aliphatic rings. The van der Waals surface area contributed by atoms with Crippen molar-refractivity contribution in [2.75, 3.05) is 31.1 Å². The molecular weight excluding hydrogens is 240 g/mol. The van der Waals surface area contributed by atoms with Gasteiger partial charge in [0, 0.05) is 26.2 Å². The van der Waals surface area contributed by atoms with Gasteiger partial charge in [-0.15, -0.1) is 0 Å². The van der Waals surface area contributed by atoms with Gasteiger partial charge in [0.25, 0.3) is 5.91 Å². The average Bonchev–Trinajstić information content (AvgIpc) is 3.02. The maximum atomic E-state index is 12.1. The summed E-state index contributed by atoms with van der Waals surface area (Å²) in [4.78, 5) is 25.0. The molecule has 1 aromatic rings. The molecule has 3 heterocycles. The van der Waals surface area contributed by atoms with Crippen molar-refractivity contribution in [3.63, 3.8) is 0 Å². The minimum absolute atomic E-state index is 0.0233. The Hall–Kier alpha value is -1.65. The van der Waals surface area contributed by atoms with E-state index in [2.05, 4.69) is 14.9 Å². The largest absolute Gasteiger partial charge is 0.355 e. The molecule has 0 saturated carbocycles. The zero-order valence-electron chi connectivity index (χ0n) is 11.2. The van der Waals surface area contributed by atoms with E-state index in [0.29, 0.717) is 5.69 Å². The van der Waals surface area contributed by atoms with E-state index in [-0.39, 0.29) is 5.91 Å². The van der Waals surface area contributed by atoms with E-state index in [1.807, 2.05) is 4.90 Å². The van der Waals surface area contributed by atoms with Gasteiger partial charge in [0.15, 0.2) is 0 Å². The molecule has 102 valence electrons. The summed E-state index contributed by atoms with van der Waals surface area (Å²) < 4.78 is 0. The highest BCUT2D eigenvalue weighted by molar-refractivity contribution is 5.92. The number of aromatic nitrogens is 2.